The van der Waals surface area contributed by atoms with E-state index in [4.69, 9.17) is 0 Å². The van der Waals surface area contributed by atoms with Gasteiger partial charge in [0.05, 0.1) is 17.1 Å². The molecule has 0 radical (unpaired) electrons. The van der Waals surface area contributed by atoms with Gasteiger partial charge in [-0.2, -0.15) is 0 Å². The van der Waals surface area contributed by atoms with Crippen molar-refractivity contribution in [2.45, 2.75) is 12.8 Å². The molecule has 1 heterocycles. The summed E-state index contributed by atoms with van der Waals surface area (Å²) in [4.78, 5) is 23.6. The third-order valence-corrected chi connectivity index (χ3v) is 4.53. The van der Waals surface area contributed by atoms with Gasteiger partial charge in [0.2, 0.25) is 5.91 Å². The van der Waals surface area contributed by atoms with Crippen molar-refractivity contribution in [3.63, 3.8) is 0 Å². The smallest absolute Gasteiger partial charge is 0.275 e. The third kappa shape index (κ3) is 4.13. The van der Waals surface area contributed by atoms with Crippen molar-refractivity contribution in [3.8, 4) is 5.75 Å². The van der Waals surface area contributed by atoms with Crippen molar-refractivity contribution in [2.24, 2.45) is 5.92 Å². The molecule has 0 spiro atoms. The summed E-state index contributed by atoms with van der Waals surface area (Å²) in [5.74, 6) is -2.42. The van der Waals surface area contributed by atoms with E-state index in [-0.39, 0.29) is 36.4 Å². The normalized spacial score (nSPS) is 14.8. The maximum atomic E-state index is 14.1. The summed E-state index contributed by atoms with van der Waals surface area (Å²) in [5, 5.41) is 22.7. The number of hydrogen-bond donors (Lipinski definition) is 2. The molecule has 1 fully saturated rings. The van der Waals surface area contributed by atoms with Crippen molar-refractivity contribution in [1.82, 2.24) is 0 Å². The Morgan fingerprint density at radius 3 is 2.22 bits per heavy atom. The summed E-state index contributed by atoms with van der Waals surface area (Å²) < 4.78 is 28.3. The number of rotatable bonds is 4. The maximum Gasteiger partial charge on any atom is 0.275 e. The van der Waals surface area contributed by atoms with Crippen LogP contribution >= 0.6 is 0 Å². The van der Waals surface area contributed by atoms with E-state index < -0.39 is 22.2 Å². The highest BCUT2D eigenvalue weighted by Crippen LogP contribution is 2.31. The molecule has 142 valence electrons. The summed E-state index contributed by atoms with van der Waals surface area (Å²) in [6.45, 7) is 0.499. The predicted molar refractivity (Wildman–Crippen MR) is 94.7 cm³/mol. The van der Waals surface area contributed by atoms with Crippen LogP contribution in [0.2, 0.25) is 0 Å². The number of nitro benzene ring substituents is 1. The van der Waals surface area contributed by atoms with Gasteiger partial charge in [0.1, 0.15) is 11.4 Å². The monoisotopic (exact) mass is 377 g/mol. The summed E-state index contributed by atoms with van der Waals surface area (Å²) in [7, 11) is 0. The lowest BCUT2D eigenvalue weighted by molar-refractivity contribution is -0.385. The second kappa shape index (κ2) is 7.56. The highest BCUT2D eigenvalue weighted by molar-refractivity contribution is 5.92. The minimum absolute atomic E-state index is 0.0912. The molecule has 1 saturated heterocycles. The van der Waals surface area contributed by atoms with E-state index in [0.717, 1.165) is 0 Å². The number of benzene rings is 2. The molecule has 0 atom stereocenters. The molecule has 0 saturated carbocycles. The zero-order valence-corrected chi connectivity index (χ0v) is 14.2. The standard InChI is InChI=1S/C18H17F2N3O4/c19-15-9-13(23(26)27)10-16(20)17(15)22-7-5-11(6-8-22)18(25)21-12-1-3-14(24)4-2-12/h1-4,9-11,24H,5-8H2,(H,21,25). The van der Waals surface area contributed by atoms with Gasteiger partial charge < -0.3 is 15.3 Å². The Balaban J connectivity index is 1.64. The van der Waals surface area contributed by atoms with Crippen LogP contribution in [0.1, 0.15) is 12.8 Å². The second-order valence-corrected chi connectivity index (χ2v) is 6.31. The molecular formula is C18H17F2N3O4. The van der Waals surface area contributed by atoms with E-state index in [9.17, 15) is 28.8 Å². The Bertz CT molecular complexity index is 842. The number of hydrogen-bond acceptors (Lipinski definition) is 5. The van der Waals surface area contributed by atoms with Crippen molar-refractivity contribution >= 4 is 23.0 Å². The molecule has 0 bridgehead atoms. The first-order valence-corrected chi connectivity index (χ1v) is 8.33. The molecule has 1 aliphatic rings. The van der Waals surface area contributed by atoms with E-state index >= 15 is 0 Å². The van der Waals surface area contributed by atoms with Crippen LogP contribution in [0.3, 0.4) is 0 Å². The summed E-state index contributed by atoms with van der Waals surface area (Å²) in [5.41, 5.74) is -0.400. The van der Waals surface area contributed by atoms with Crippen LogP contribution in [-0.4, -0.2) is 29.0 Å². The van der Waals surface area contributed by atoms with Gasteiger partial charge >= 0.3 is 0 Å². The Hall–Kier alpha value is -3.23. The molecule has 7 nitrogen and oxygen atoms in total. The number of phenols is 1. The van der Waals surface area contributed by atoms with Gasteiger partial charge in [0.25, 0.3) is 5.69 Å². The molecule has 0 unspecified atom stereocenters. The molecule has 3 rings (SSSR count). The van der Waals surface area contributed by atoms with E-state index in [1.54, 1.807) is 12.1 Å². The SMILES string of the molecule is O=C(Nc1ccc(O)cc1)C1CCN(c2c(F)cc([N+](=O)[O-])cc2F)CC1. The average Bonchev–Trinajstić information content (AvgIpc) is 2.63. The molecule has 2 aromatic carbocycles. The van der Waals surface area contributed by atoms with E-state index in [1.807, 2.05) is 0 Å². The number of carbonyl (C=O) groups is 1. The predicted octanol–water partition coefficient (Wildman–Crippen LogP) is 3.43. The Morgan fingerprint density at radius 2 is 1.70 bits per heavy atom. The lowest BCUT2D eigenvalue weighted by Crippen LogP contribution is -2.39. The van der Waals surface area contributed by atoms with E-state index in [0.29, 0.717) is 30.7 Å². The van der Waals surface area contributed by atoms with Gasteiger partial charge in [-0.3, -0.25) is 14.9 Å². The fraction of sp³-hybridized carbons (Fsp3) is 0.278. The first-order valence-electron chi connectivity index (χ1n) is 8.33. The Kier molecular flexibility index (Phi) is 5.20. The van der Waals surface area contributed by atoms with Crippen LogP contribution in [0.15, 0.2) is 36.4 Å². The minimum Gasteiger partial charge on any atom is -0.508 e. The summed E-state index contributed by atoms with van der Waals surface area (Å²) in [6, 6.07) is 7.45. The number of piperidine rings is 1. The number of phenolic OH excluding ortho intramolecular Hbond substituents is 1. The van der Waals surface area contributed by atoms with E-state index in [2.05, 4.69) is 5.32 Å². The van der Waals surface area contributed by atoms with Gasteiger partial charge in [0.15, 0.2) is 11.6 Å². The molecule has 2 N–H and O–H groups in total. The molecule has 1 amide bonds. The number of aromatic hydroxyl groups is 1. The lowest BCUT2D eigenvalue weighted by Gasteiger charge is -2.33. The highest BCUT2D eigenvalue weighted by Gasteiger charge is 2.29. The average molecular weight is 377 g/mol. The van der Waals surface area contributed by atoms with Crippen LogP contribution in [-0.2, 0) is 4.79 Å². The fourth-order valence-corrected chi connectivity index (χ4v) is 3.11. The van der Waals surface area contributed by atoms with Crippen LogP contribution in [0, 0.1) is 27.7 Å². The molecule has 2 aromatic rings. The third-order valence-electron chi connectivity index (χ3n) is 4.53. The summed E-state index contributed by atoms with van der Waals surface area (Å²) in [6.07, 6.45) is 0.777. The zero-order valence-electron chi connectivity index (χ0n) is 14.2. The molecule has 0 aromatic heterocycles. The minimum atomic E-state index is -0.992. The fourth-order valence-electron chi connectivity index (χ4n) is 3.11. The van der Waals surface area contributed by atoms with Crippen molar-refractivity contribution < 1.29 is 23.6 Å². The van der Waals surface area contributed by atoms with Gasteiger partial charge in [0, 0.05) is 24.7 Å². The lowest BCUT2D eigenvalue weighted by atomic mass is 9.95. The quantitative estimate of drug-likeness (QED) is 0.483. The van der Waals surface area contributed by atoms with Crippen LogP contribution in [0.5, 0.6) is 5.75 Å². The first-order chi connectivity index (χ1) is 12.8. The maximum absolute atomic E-state index is 14.1. The van der Waals surface area contributed by atoms with Crippen molar-refractivity contribution in [1.29, 1.82) is 0 Å². The topological polar surface area (TPSA) is 95.7 Å². The molecule has 27 heavy (non-hydrogen) atoms. The van der Waals surface area contributed by atoms with Crippen molar-refractivity contribution in [3.05, 3.63) is 58.1 Å². The Morgan fingerprint density at radius 1 is 1.15 bits per heavy atom. The number of halogens is 2. The highest BCUT2D eigenvalue weighted by atomic mass is 19.1. The number of amides is 1. The Labute approximate surface area is 153 Å². The number of non-ortho nitro benzene ring substituents is 1. The second-order valence-electron chi connectivity index (χ2n) is 6.31. The van der Waals surface area contributed by atoms with Crippen LogP contribution in [0.25, 0.3) is 0 Å². The molecule has 0 aliphatic carbocycles. The van der Waals surface area contributed by atoms with Gasteiger partial charge in [-0.05, 0) is 37.1 Å². The first kappa shape index (κ1) is 18.6. The molecule has 9 heteroatoms. The van der Waals surface area contributed by atoms with Crippen molar-refractivity contribution in [2.75, 3.05) is 23.3 Å². The number of nitrogens with zero attached hydrogens (tertiary/aromatic N) is 2. The molecular weight excluding hydrogens is 360 g/mol. The number of nitrogens with one attached hydrogen (secondary N) is 1. The van der Waals surface area contributed by atoms with Gasteiger partial charge in [-0.25, -0.2) is 8.78 Å². The van der Waals surface area contributed by atoms with Gasteiger partial charge in [-0.1, -0.05) is 0 Å². The van der Waals surface area contributed by atoms with E-state index in [1.165, 1.54) is 17.0 Å². The number of nitro groups is 1. The largest absolute Gasteiger partial charge is 0.508 e. The molecule has 1 aliphatic heterocycles. The number of anilines is 2. The van der Waals surface area contributed by atoms with Crippen LogP contribution < -0.4 is 10.2 Å². The zero-order chi connectivity index (χ0) is 19.6. The van der Waals surface area contributed by atoms with Crippen LogP contribution in [0.4, 0.5) is 25.8 Å². The van der Waals surface area contributed by atoms with Gasteiger partial charge in [-0.15, -0.1) is 0 Å². The number of carbonyl (C=O) groups excluding carboxylic acids is 1. The summed E-state index contributed by atoms with van der Waals surface area (Å²) >= 11 is 0.